The summed E-state index contributed by atoms with van der Waals surface area (Å²) in [5.41, 5.74) is 1.94. The standard InChI is InChI=1S/C23H27N3O3/c1-2-29-21-11-7-6-10-20(21)26-17-18(16-22(26)27)23(28)25-14-12-24(13-15-25)19-8-4-3-5-9-19/h3-11,18H,2,12-17H2,1H3. The fraction of sp³-hybridized carbons (Fsp3) is 0.391. The van der Waals surface area contributed by atoms with Crippen LogP contribution < -0.4 is 14.5 Å². The Morgan fingerprint density at radius 2 is 1.69 bits per heavy atom. The Morgan fingerprint density at radius 1 is 1.00 bits per heavy atom. The highest BCUT2D eigenvalue weighted by atomic mass is 16.5. The molecule has 2 heterocycles. The summed E-state index contributed by atoms with van der Waals surface area (Å²) in [7, 11) is 0. The third-order valence-electron chi connectivity index (χ3n) is 5.64. The fourth-order valence-electron chi connectivity index (χ4n) is 4.15. The summed E-state index contributed by atoms with van der Waals surface area (Å²) < 4.78 is 5.67. The van der Waals surface area contributed by atoms with Gasteiger partial charge in [-0.1, -0.05) is 30.3 Å². The number of amides is 2. The number of carbonyl (C=O) groups is 2. The predicted octanol–water partition coefficient (Wildman–Crippen LogP) is 2.79. The lowest BCUT2D eigenvalue weighted by Crippen LogP contribution is -2.50. The molecule has 2 aromatic rings. The Labute approximate surface area is 171 Å². The van der Waals surface area contributed by atoms with Crippen molar-refractivity contribution >= 4 is 23.2 Å². The Bertz CT molecular complexity index is 863. The van der Waals surface area contributed by atoms with Crippen LogP contribution in [0.1, 0.15) is 13.3 Å². The van der Waals surface area contributed by atoms with E-state index >= 15 is 0 Å². The number of para-hydroxylation sites is 3. The zero-order valence-electron chi connectivity index (χ0n) is 16.8. The number of piperazine rings is 1. The molecule has 0 N–H and O–H groups in total. The first-order chi connectivity index (χ1) is 14.2. The Hall–Kier alpha value is -3.02. The second kappa shape index (κ2) is 8.55. The Kier molecular flexibility index (Phi) is 5.69. The van der Waals surface area contributed by atoms with Gasteiger partial charge in [-0.25, -0.2) is 0 Å². The van der Waals surface area contributed by atoms with Crippen LogP contribution in [0.4, 0.5) is 11.4 Å². The minimum Gasteiger partial charge on any atom is -0.492 e. The van der Waals surface area contributed by atoms with Crippen LogP contribution in [0.15, 0.2) is 54.6 Å². The molecule has 2 fully saturated rings. The molecule has 0 bridgehead atoms. The van der Waals surface area contributed by atoms with E-state index in [0.29, 0.717) is 32.0 Å². The summed E-state index contributed by atoms with van der Waals surface area (Å²) in [4.78, 5) is 31.6. The number of nitrogens with zero attached hydrogens (tertiary/aromatic N) is 3. The van der Waals surface area contributed by atoms with E-state index < -0.39 is 0 Å². The zero-order valence-corrected chi connectivity index (χ0v) is 16.8. The molecule has 1 unspecified atom stereocenters. The van der Waals surface area contributed by atoms with E-state index in [2.05, 4.69) is 17.0 Å². The molecule has 0 spiro atoms. The molecule has 2 aromatic carbocycles. The first kappa shape index (κ1) is 19.3. The van der Waals surface area contributed by atoms with Crippen molar-refractivity contribution in [1.82, 2.24) is 4.90 Å². The van der Waals surface area contributed by atoms with Crippen molar-refractivity contribution in [2.75, 3.05) is 49.1 Å². The molecule has 1 atom stereocenters. The van der Waals surface area contributed by atoms with Crippen molar-refractivity contribution in [3.8, 4) is 5.75 Å². The highest BCUT2D eigenvalue weighted by Gasteiger charge is 2.38. The molecule has 2 amide bonds. The lowest BCUT2D eigenvalue weighted by Gasteiger charge is -2.37. The third kappa shape index (κ3) is 4.06. The topological polar surface area (TPSA) is 53.1 Å². The lowest BCUT2D eigenvalue weighted by atomic mass is 10.1. The molecule has 152 valence electrons. The number of ether oxygens (including phenoxy) is 1. The van der Waals surface area contributed by atoms with Crippen LogP contribution >= 0.6 is 0 Å². The Morgan fingerprint density at radius 3 is 2.41 bits per heavy atom. The number of benzene rings is 2. The van der Waals surface area contributed by atoms with Gasteiger partial charge in [-0.2, -0.15) is 0 Å². The van der Waals surface area contributed by atoms with E-state index in [4.69, 9.17) is 4.74 Å². The first-order valence-electron chi connectivity index (χ1n) is 10.3. The van der Waals surface area contributed by atoms with Gasteiger partial charge in [0.25, 0.3) is 0 Å². The van der Waals surface area contributed by atoms with Gasteiger partial charge in [0.1, 0.15) is 5.75 Å². The number of hydrogen-bond donors (Lipinski definition) is 0. The van der Waals surface area contributed by atoms with E-state index in [1.807, 2.05) is 54.3 Å². The van der Waals surface area contributed by atoms with Crippen LogP contribution in [0, 0.1) is 5.92 Å². The number of anilines is 2. The molecule has 29 heavy (non-hydrogen) atoms. The second-order valence-electron chi connectivity index (χ2n) is 7.45. The molecular formula is C23H27N3O3. The molecule has 0 saturated carbocycles. The molecule has 2 aliphatic rings. The Balaban J connectivity index is 1.39. The van der Waals surface area contributed by atoms with Gasteiger partial charge in [-0.15, -0.1) is 0 Å². The van der Waals surface area contributed by atoms with Crippen molar-refractivity contribution in [2.45, 2.75) is 13.3 Å². The summed E-state index contributed by atoms with van der Waals surface area (Å²) in [6.07, 6.45) is 0.262. The summed E-state index contributed by atoms with van der Waals surface area (Å²) in [5.74, 6) is 0.467. The lowest BCUT2D eigenvalue weighted by molar-refractivity contribution is -0.136. The van der Waals surface area contributed by atoms with Crippen molar-refractivity contribution in [3.05, 3.63) is 54.6 Å². The SMILES string of the molecule is CCOc1ccccc1N1CC(C(=O)N2CCN(c3ccccc3)CC2)CC1=O. The van der Waals surface area contributed by atoms with Crippen LogP contribution in [0.2, 0.25) is 0 Å². The van der Waals surface area contributed by atoms with Gasteiger partial charge in [0.2, 0.25) is 11.8 Å². The normalized spacial score (nSPS) is 19.6. The molecule has 0 aliphatic carbocycles. The summed E-state index contributed by atoms with van der Waals surface area (Å²) >= 11 is 0. The largest absolute Gasteiger partial charge is 0.492 e. The number of hydrogen-bond acceptors (Lipinski definition) is 4. The van der Waals surface area contributed by atoms with E-state index in [1.54, 1.807) is 4.90 Å². The van der Waals surface area contributed by atoms with Gasteiger partial charge in [-0.3, -0.25) is 9.59 Å². The van der Waals surface area contributed by atoms with Crippen LogP contribution in [0.25, 0.3) is 0 Å². The minimum absolute atomic E-state index is 0.0153. The smallest absolute Gasteiger partial charge is 0.228 e. The van der Waals surface area contributed by atoms with Gasteiger partial charge in [-0.05, 0) is 31.2 Å². The highest BCUT2D eigenvalue weighted by Crippen LogP contribution is 2.33. The van der Waals surface area contributed by atoms with Crippen LogP contribution in [0.3, 0.4) is 0 Å². The molecule has 4 rings (SSSR count). The average molecular weight is 393 g/mol. The van der Waals surface area contributed by atoms with E-state index in [-0.39, 0.29) is 24.2 Å². The highest BCUT2D eigenvalue weighted by molar-refractivity contribution is 6.01. The summed E-state index contributed by atoms with van der Waals surface area (Å²) in [6, 6.07) is 17.8. The summed E-state index contributed by atoms with van der Waals surface area (Å²) in [6.45, 7) is 5.88. The first-order valence-corrected chi connectivity index (χ1v) is 10.3. The van der Waals surface area contributed by atoms with Crippen LogP contribution in [-0.2, 0) is 9.59 Å². The van der Waals surface area contributed by atoms with Crippen molar-refractivity contribution < 1.29 is 14.3 Å². The predicted molar refractivity (Wildman–Crippen MR) is 113 cm³/mol. The summed E-state index contributed by atoms with van der Waals surface area (Å²) in [5, 5.41) is 0. The van der Waals surface area contributed by atoms with Crippen LogP contribution in [0.5, 0.6) is 5.75 Å². The third-order valence-corrected chi connectivity index (χ3v) is 5.64. The van der Waals surface area contributed by atoms with E-state index in [1.165, 1.54) is 5.69 Å². The van der Waals surface area contributed by atoms with Crippen LogP contribution in [-0.4, -0.2) is 56.0 Å². The molecule has 6 nitrogen and oxygen atoms in total. The van der Waals surface area contributed by atoms with Gasteiger partial charge in [0.15, 0.2) is 0 Å². The molecule has 2 saturated heterocycles. The van der Waals surface area contributed by atoms with Gasteiger partial charge in [0, 0.05) is 44.8 Å². The minimum atomic E-state index is -0.291. The van der Waals surface area contributed by atoms with E-state index in [0.717, 1.165) is 18.8 Å². The monoisotopic (exact) mass is 393 g/mol. The molecule has 2 aliphatic heterocycles. The molecular weight excluding hydrogens is 366 g/mol. The van der Waals surface area contributed by atoms with Crippen molar-refractivity contribution in [3.63, 3.8) is 0 Å². The number of rotatable bonds is 5. The van der Waals surface area contributed by atoms with Crippen molar-refractivity contribution in [1.29, 1.82) is 0 Å². The molecule has 0 aromatic heterocycles. The zero-order chi connectivity index (χ0) is 20.2. The quantitative estimate of drug-likeness (QED) is 0.784. The number of carbonyl (C=O) groups excluding carboxylic acids is 2. The maximum atomic E-state index is 13.1. The maximum absolute atomic E-state index is 13.1. The van der Waals surface area contributed by atoms with E-state index in [9.17, 15) is 9.59 Å². The van der Waals surface area contributed by atoms with Gasteiger partial charge >= 0.3 is 0 Å². The molecule has 0 radical (unpaired) electrons. The van der Waals surface area contributed by atoms with Crippen molar-refractivity contribution in [2.24, 2.45) is 5.92 Å². The maximum Gasteiger partial charge on any atom is 0.228 e. The molecule has 6 heteroatoms. The fourth-order valence-corrected chi connectivity index (χ4v) is 4.15. The van der Waals surface area contributed by atoms with Gasteiger partial charge < -0.3 is 19.4 Å². The second-order valence-corrected chi connectivity index (χ2v) is 7.45. The van der Waals surface area contributed by atoms with Gasteiger partial charge in [0.05, 0.1) is 18.2 Å². The average Bonchev–Trinajstić information content (AvgIpc) is 3.16.